The zero-order valence-electron chi connectivity index (χ0n) is 9.36. The van der Waals surface area contributed by atoms with Crippen LogP contribution in [0.25, 0.3) is 0 Å². The van der Waals surface area contributed by atoms with Crippen molar-refractivity contribution in [2.45, 2.75) is 43.7 Å². The van der Waals surface area contributed by atoms with Crippen molar-refractivity contribution in [3.05, 3.63) is 34.9 Å². The molecule has 1 atom stereocenters. The Labute approximate surface area is 104 Å². The first kappa shape index (κ1) is 12.7. The fraction of sp³-hybridized carbons (Fsp3) is 0.538. The first-order valence-electron chi connectivity index (χ1n) is 5.78. The maximum Gasteiger partial charge on any atom is 0.389 e. The molecule has 0 saturated carbocycles. The third-order valence-electron chi connectivity index (χ3n) is 3.17. The van der Waals surface area contributed by atoms with Crippen molar-refractivity contribution >= 4 is 11.6 Å². The Kier molecular flexibility index (Phi) is 3.67. The summed E-state index contributed by atoms with van der Waals surface area (Å²) in [6, 6.07) is 5.83. The molecular formula is C13H14ClF3. The van der Waals surface area contributed by atoms with Crippen LogP contribution in [0.15, 0.2) is 18.2 Å². The molecule has 0 nitrogen and oxygen atoms in total. The third-order valence-corrected chi connectivity index (χ3v) is 3.64. The quantitative estimate of drug-likeness (QED) is 0.687. The van der Waals surface area contributed by atoms with Gasteiger partial charge in [0.05, 0.1) is 5.38 Å². The van der Waals surface area contributed by atoms with E-state index in [-0.39, 0.29) is 6.42 Å². The number of rotatable bonds is 3. The molecule has 1 aromatic carbocycles. The van der Waals surface area contributed by atoms with Crippen LogP contribution in [0.4, 0.5) is 13.2 Å². The van der Waals surface area contributed by atoms with Gasteiger partial charge >= 0.3 is 6.18 Å². The molecule has 0 heterocycles. The average molecular weight is 263 g/mol. The molecule has 2 rings (SSSR count). The van der Waals surface area contributed by atoms with Crippen molar-refractivity contribution in [2.24, 2.45) is 0 Å². The number of benzene rings is 1. The van der Waals surface area contributed by atoms with E-state index >= 15 is 0 Å². The van der Waals surface area contributed by atoms with Gasteiger partial charge in [0.2, 0.25) is 0 Å². The van der Waals surface area contributed by atoms with Crippen molar-refractivity contribution < 1.29 is 13.2 Å². The Morgan fingerprint density at radius 3 is 2.59 bits per heavy atom. The van der Waals surface area contributed by atoms with E-state index in [1.807, 2.05) is 18.2 Å². The van der Waals surface area contributed by atoms with Gasteiger partial charge in [0, 0.05) is 6.42 Å². The van der Waals surface area contributed by atoms with E-state index in [2.05, 4.69) is 0 Å². The summed E-state index contributed by atoms with van der Waals surface area (Å²) in [5, 5.41) is -0.539. The van der Waals surface area contributed by atoms with E-state index in [0.717, 1.165) is 24.8 Å². The molecule has 4 heteroatoms. The molecule has 0 spiro atoms. The molecule has 17 heavy (non-hydrogen) atoms. The van der Waals surface area contributed by atoms with Crippen molar-refractivity contribution in [1.82, 2.24) is 0 Å². The molecule has 1 unspecified atom stereocenters. The van der Waals surface area contributed by atoms with Gasteiger partial charge in [0.1, 0.15) is 0 Å². The minimum absolute atomic E-state index is 0.0517. The predicted octanol–water partition coefficient (Wildman–Crippen LogP) is 4.80. The van der Waals surface area contributed by atoms with E-state index in [9.17, 15) is 13.2 Å². The first-order valence-corrected chi connectivity index (χ1v) is 6.22. The lowest BCUT2D eigenvalue weighted by Gasteiger charge is -2.13. The van der Waals surface area contributed by atoms with Crippen molar-refractivity contribution in [2.75, 3.05) is 0 Å². The van der Waals surface area contributed by atoms with Crippen LogP contribution in [0, 0.1) is 0 Å². The van der Waals surface area contributed by atoms with Crippen LogP contribution in [0.5, 0.6) is 0 Å². The summed E-state index contributed by atoms with van der Waals surface area (Å²) in [4.78, 5) is 0. The van der Waals surface area contributed by atoms with Crippen LogP contribution in [0.1, 0.15) is 41.3 Å². The fourth-order valence-electron chi connectivity index (χ4n) is 2.24. The van der Waals surface area contributed by atoms with E-state index in [4.69, 9.17) is 11.6 Å². The van der Waals surface area contributed by atoms with Crippen molar-refractivity contribution in [1.29, 1.82) is 0 Å². The van der Waals surface area contributed by atoms with Crippen LogP contribution < -0.4 is 0 Å². The highest BCUT2D eigenvalue weighted by atomic mass is 35.5. The van der Waals surface area contributed by atoms with Gasteiger partial charge in [-0.25, -0.2) is 0 Å². The maximum atomic E-state index is 12.1. The first-order chi connectivity index (χ1) is 7.96. The molecule has 1 aromatic rings. The Morgan fingerprint density at radius 1 is 1.18 bits per heavy atom. The summed E-state index contributed by atoms with van der Waals surface area (Å²) in [7, 11) is 0. The Hall–Kier alpha value is -0.700. The zero-order chi connectivity index (χ0) is 12.5. The molecule has 1 aliphatic carbocycles. The summed E-state index contributed by atoms with van der Waals surface area (Å²) in [6.07, 6.45) is -1.77. The molecular weight excluding hydrogens is 249 g/mol. The number of hydrogen-bond donors (Lipinski definition) is 0. The van der Waals surface area contributed by atoms with Gasteiger partial charge in [-0.3, -0.25) is 0 Å². The Morgan fingerprint density at radius 2 is 1.88 bits per heavy atom. The standard InChI is InChI=1S/C13H14ClF3/c14-12(6-7-13(15,16)17)11-5-4-9-2-1-3-10(9)8-11/h4-5,8,12H,1-3,6-7H2. The molecule has 0 bridgehead atoms. The van der Waals surface area contributed by atoms with Gasteiger partial charge in [-0.1, -0.05) is 18.2 Å². The topological polar surface area (TPSA) is 0 Å². The minimum atomic E-state index is -4.12. The normalized spacial score (nSPS) is 16.9. The summed E-state index contributed by atoms with van der Waals surface area (Å²) in [5.41, 5.74) is 3.38. The second-order valence-electron chi connectivity index (χ2n) is 4.50. The minimum Gasteiger partial charge on any atom is -0.171 e. The molecule has 0 aliphatic heterocycles. The Balaban J connectivity index is 2.02. The molecule has 0 radical (unpaired) electrons. The zero-order valence-corrected chi connectivity index (χ0v) is 10.1. The van der Waals surface area contributed by atoms with Crippen LogP contribution in [0.3, 0.4) is 0 Å². The monoisotopic (exact) mass is 262 g/mol. The number of fused-ring (bicyclic) bond motifs is 1. The summed E-state index contributed by atoms with van der Waals surface area (Å²) in [5.74, 6) is 0. The van der Waals surface area contributed by atoms with Crippen LogP contribution >= 0.6 is 11.6 Å². The van der Waals surface area contributed by atoms with Gasteiger partial charge in [0.25, 0.3) is 0 Å². The maximum absolute atomic E-state index is 12.1. The summed E-state index contributed by atoms with van der Waals surface area (Å²) in [6.45, 7) is 0. The second-order valence-corrected chi connectivity index (χ2v) is 5.03. The summed E-state index contributed by atoms with van der Waals surface area (Å²) >= 11 is 6.01. The number of alkyl halides is 4. The van der Waals surface area contributed by atoms with Gasteiger partial charge in [-0.05, 0) is 42.4 Å². The van der Waals surface area contributed by atoms with Gasteiger partial charge in [-0.2, -0.15) is 13.2 Å². The lowest BCUT2D eigenvalue weighted by molar-refractivity contribution is -0.135. The lowest BCUT2D eigenvalue weighted by atomic mass is 10.0. The molecule has 0 saturated heterocycles. The lowest BCUT2D eigenvalue weighted by Crippen LogP contribution is -2.08. The highest BCUT2D eigenvalue weighted by Crippen LogP contribution is 2.33. The van der Waals surface area contributed by atoms with Crippen LogP contribution in [-0.4, -0.2) is 6.18 Å². The van der Waals surface area contributed by atoms with Crippen LogP contribution in [0.2, 0.25) is 0 Å². The van der Waals surface area contributed by atoms with E-state index < -0.39 is 18.0 Å². The Bertz CT molecular complexity index is 398. The van der Waals surface area contributed by atoms with Gasteiger partial charge in [0.15, 0.2) is 0 Å². The van der Waals surface area contributed by atoms with Crippen molar-refractivity contribution in [3.8, 4) is 0 Å². The summed E-state index contributed by atoms with van der Waals surface area (Å²) < 4.78 is 36.3. The highest BCUT2D eigenvalue weighted by molar-refractivity contribution is 6.20. The van der Waals surface area contributed by atoms with E-state index in [0.29, 0.717) is 0 Å². The molecule has 0 fully saturated rings. The number of hydrogen-bond acceptors (Lipinski definition) is 0. The number of aryl methyl sites for hydroxylation is 2. The predicted molar refractivity (Wildman–Crippen MR) is 62.4 cm³/mol. The van der Waals surface area contributed by atoms with Gasteiger partial charge in [-0.15, -0.1) is 11.6 Å². The molecule has 0 amide bonds. The van der Waals surface area contributed by atoms with E-state index in [1.54, 1.807) is 0 Å². The molecule has 0 N–H and O–H groups in total. The second kappa shape index (κ2) is 4.89. The van der Waals surface area contributed by atoms with E-state index in [1.165, 1.54) is 11.1 Å². The fourth-order valence-corrected chi connectivity index (χ4v) is 2.49. The van der Waals surface area contributed by atoms with Gasteiger partial charge < -0.3 is 0 Å². The van der Waals surface area contributed by atoms with Crippen LogP contribution in [-0.2, 0) is 12.8 Å². The number of halogens is 4. The largest absolute Gasteiger partial charge is 0.389 e. The highest BCUT2D eigenvalue weighted by Gasteiger charge is 2.28. The SMILES string of the molecule is FC(F)(F)CCC(Cl)c1ccc2c(c1)CCC2. The molecule has 94 valence electrons. The molecule has 0 aromatic heterocycles. The smallest absolute Gasteiger partial charge is 0.171 e. The van der Waals surface area contributed by atoms with Crippen molar-refractivity contribution in [3.63, 3.8) is 0 Å². The molecule has 1 aliphatic rings. The third kappa shape index (κ3) is 3.38. The average Bonchev–Trinajstić information content (AvgIpc) is 2.71.